The molecule has 2 N–H and O–H groups in total. The molecule has 0 spiro atoms. The fourth-order valence-corrected chi connectivity index (χ4v) is 3.26. The summed E-state index contributed by atoms with van der Waals surface area (Å²) < 4.78 is 1.73. The van der Waals surface area contributed by atoms with E-state index in [0.29, 0.717) is 11.5 Å². The molecule has 0 aliphatic carbocycles. The third kappa shape index (κ3) is 3.42. The summed E-state index contributed by atoms with van der Waals surface area (Å²) in [6, 6.07) is 17.3. The number of benzene rings is 1. The molecular formula is C22H21N5O. The van der Waals surface area contributed by atoms with Crippen molar-refractivity contribution in [3.05, 3.63) is 72.2 Å². The van der Waals surface area contributed by atoms with Gasteiger partial charge in [0.1, 0.15) is 5.69 Å². The molecule has 28 heavy (non-hydrogen) atoms. The van der Waals surface area contributed by atoms with Crippen LogP contribution in [0.3, 0.4) is 0 Å². The van der Waals surface area contributed by atoms with Crippen LogP contribution >= 0.6 is 0 Å². The second kappa shape index (κ2) is 7.70. The molecule has 3 aromatic heterocycles. The Hall–Kier alpha value is -3.38. The Morgan fingerprint density at radius 2 is 1.96 bits per heavy atom. The highest BCUT2D eigenvalue weighted by Gasteiger charge is 2.11. The summed E-state index contributed by atoms with van der Waals surface area (Å²) in [5.41, 5.74) is 10.3. The fourth-order valence-electron chi connectivity index (χ4n) is 3.26. The average molecular weight is 371 g/mol. The summed E-state index contributed by atoms with van der Waals surface area (Å²) in [6.07, 6.45) is 4.44. The molecule has 6 nitrogen and oxygen atoms in total. The molecule has 1 aromatic carbocycles. The van der Waals surface area contributed by atoms with E-state index in [-0.39, 0.29) is 6.04 Å². The highest BCUT2D eigenvalue weighted by atomic mass is 16.1. The number of hydrogen-bond acceptors (Lipinski definition) is 5. The lowest BCUT2D eigenvalue weighted by Gasteiger charge is -2.11. The number of nitrogens with two attached hydrogens (primary N) is 1. The van der Waals surface area contributed by atoms with Gasteiger partial charge < -0.3 is 5.73 Å². The first-order chi connectivity index (χ1) is 13.7. The van der Waals surface area contributed by atoms with E-state index in [4.69, 9.17) is 10.7 Å². The normalized spacial score (nSPS) is 12.2. The van der Waals surface area contributed by atoms with Gasteiger partial charge >= 0.3 is 0 Å². The number of rotatable bonds is 6. The van der Waals surface area contributed by atoms with Gasteiger partial charge in [-0.2, -0.15) is 5.10 Å². The van der Waals surface area contributed by atoms with E-state index in [1.165, 1.54) is 0 Å². The zero-order chi connectivity index (χ0) is 19.5. The Labute approximate surface area is 163 Å². The van der Waals surface area contributed by atoms with Gasteiger partial charge in [0.25, 0.3) is 0 Å². The number of fused-ring (bicyclic) bond motifs is 1. The summed E-state index contributed by atoms with van der Waals surface area (Å²) >= 11 is 0. The molecule has 4 rings (SSSR count). The molecule has 0 fully saturated rings. The minimum absolute atomic E-state index is 0.0607. The molecule has 0 radical (unpaired) electrons. The Balaban J connectivity index is 1.78. The fraction of sp³-hybridized carbons (Fsp3) is 0.182. The molecular weight excluding hydrogens is 350 g/mol. The number of aromatic nitrogens is 4. The largest absolute Gasteiger partial charge is 0.323 e. The Bertz CT molecular complexity index is 1130. The summed E-state index contributed by atoms with van der Waals surface area (Å²) in [6.45, 7) is 2.12. The van der Waals surface area contributed by atoms with Crippen molar-refractivity contribution in [2.24, 2.45) is 5.73 Å². The molecule has 0 amide bonds. The Morgan fingerprint density at radius 1 is 1.11 bits per heavy atom. The van der Waals surface area contributed by atoms with Crippen LogP contribution in [0.4, 0.5) is 0 Å². The van der Waals surface area contributed by atoms with E-state index in [1.54, 1.807) is 23.0 Å². The molecule has 0 saturated carbocycles. The average Bonchev–Trinajstić information content (AvgIpc) is 3.17. The topological polar surface area (TPSA) is 86.7 Å². The van der Waals surface area contributed by atoms with E-state index < -0.39 is 0 Å². The maximum Gasteiger partial charge on any atom is 0.168 e. The number of pyridine rings is 2. The van der Waals surface area contributed by atoms with E-state index in [2.05, 4.69) is 17.0 Å². The number of carbonyl (C=O) groups excluding carboxylic acids is 1. The predicted molar refractivity (Wildman–Crippen MR) is 109 cm³/mol. The maximum absolute atomic E-state index is 11.1. The molecule has 6 heteroatoms. The quantitative estimate of drug-likeness (QED) is 0.516. The van der Waals surface area contributed by atoms with Crippen LogP contribution in [0.5, 0.6) is 0 Å². The standard InChI is InChI=1S/C22H21N5O/c1-2-5-18(23)20-8-4-7-19(26-20)15-10-11-16-13-24-27(21(16)12-15)22-9-3-6-17(14-28)25-22/h3-4,6-14,18H,2,5,23H2,1H3. The van der Waals surface area contributed by atoms with E-state index in [9.17, 15) is 4.79 Å². The van der Waals surface area contributed by atoms with Crippen molar-refractivity contribution in [1.29, 1.82) is 0 Å². The molecule has 0 aliphatic rings. The van der Waals surface area contributed by atoms with Crippen LogP contribution < -0.4 is 5.73 Å². The van der Waals surface area contributed by atoms with Gasteiger partial charge in [-0.1, -0.05) is 37.6 Å². The molecule has 0 bridgehead atoms. The molecule has 4 aromatic rings. The van der Waals surface area contributed by atoms with Crippen molar-refractivity contribution in [2.75, 3.05) is 0 Å². The van der Waals surface area contributed by atoms with Gasteiger partial charge in [-0.25, -0.2) is 9.67 Å². The lowest BCUT2D eigenvalue weighted by atomic mass is 10.1. The van der Waals surface area contributed by atoms with Crippen molar-refractivity contribution >= 4 is 17.2 Å². The van der Waals surface area contributed by atoms with Crippen LogP contribution in [-0.2, 0) is 0 Å². The smallest absolute Gasteiger partial charge is 0.168 e. The monoisotopic (exact) mass is 371 g/mol. The highest BCUT2D eigenvalue weighted by molar-refractivity contribution is 5.85. The minimum atomic E-state index is -0.0607. The molecule has 1 unspecified atom stereocenters. The lowest BCUT2D eigenvalue weighted by molar-refractivity contribution is 0.111. The predicted octanol–water partition coefficient (Wildman–Crippen LogP) is 4.09. The number of nitrogens with zero attached hydrogens (tertiary/aromatic N) is 4. The second-order valence-electron chi connectivity index (χ2n) is 6.71. The number of carbonyl (C=O) groups is 1. The van der Waals surface area contributed by atoms with Crippen molar-refractivity contribution < 1.29 is 4.79 Å². The van der Waals surface area contributed by atoms with Gasteiger partial charge in [0.2, 0.25) is 0 Å². The van der Waals surface area contributed by atoms with Crippen LogP contribution in [0.1, 0.15) is 42.0 Å². The molecule has 140 valence electrons. The molecule has 1 atom stereocenters. The maximum atomic E-state index is 11.1. The third-order valence-electron chi connectivity index (χ3n) is 4.71. The summed E-state index contributed by atoms with van der Waals surface area (Å²) in [5.74, 6) is 0.600. The van der Waals surface area contributed by atoms with Crippen LogP contribution in [0.2, 0.25) is 0 Å². The number of aldehydes is 1. The van der Waals surface area contributed by atoms with Crippen LogP contribution in [0.25, 0.3) is 28.0 Å². The van der Waals surface area contributed by atoms with E-state index >= 15 is 0 Å². The molecule has 0 aliphatic heterocycles. The first-order valence-corrected chi connectivity index (χ1v) is 9.33. The van der Waals surface area contributed by atoms with Crippen molar-refractivity contribution in [3.63, 3.8) is 0 Å². The first-order valence-electron chi connectivity index (χ1n) is 9.33. The lowest BCUT2D eigenvalue weighted by Crippen LogP contribution is -2.11. The van der Waals surface area contributed by atoms with Crippen LogP contribution in [-0.4, -0.2) is 26.0 Å². The van der Waals surface area contributed by atoms with Crippen LogP contribution in [0.15, 0.2) is 60.8 Å². The van der Waals surface area contributed by atoms with Crippen molar-refractivity contribution in [2.45, 2.75) is 25.8 Å². The SMILES string of the molecule is CCCC(N)c1cccc(-c2ccc3cnn(-c4cccc(C=O)n4)c3c2)n1. The molecule has 0 saturated heterocycles. The Morgan fingerprint density at radius 3 is 2.79 bits per heavy atom. The van der Waals surface area contributed by atoms with E-state index in [1.807, 2.05) is 42.5 Å². The summed E-state index contributed by atoms with van der Waals surface area (Å²) in [4.78, 5) is 20.2. The van der Waals surface area contributed by atoms with Crippen molar-refractivity contribution in [1.82, 2.24) is 19.7 Å². The van der Waals surface area contributed by atoms with Gasteiger partial charge in [0.15, 0.2) is 12.1 Å². The van der Waals surface area contributed by atoms with Gasteiger partial charge in [0, 0.05) is 17.0 Å². The van der Waals surface area contributed by atoms with Gasteiger partial charge in [-0.15, -0.1) is 0 Å². The zero-order valence-electron chi connectivity index (χ0n) is 15.6. The van der Waals surface area contributed by atoms with Gasteiger partial charge in [-0.05, 0) is 36.8 Å². The minimum Gasteiger partial charge on any atom is -0.323 e. The summed E-state index contributed by atoms with van der Waals surface area (Å²) in [5, 5.41) is 5.43. The van der Waals surface area contributed by atoms with Crippen LogP contribution in [0, 0.1) is 0 Å². The summed E-state index contributed by atoms with van der Waals surface area (Å²) in [7, 11) is 0. The zero-order valence-corrected chi connectivity index (χ0v) is 15.6. The van der Waals surface area contributed by atoms with Crippen molar-refractivity contribution in [3.8, 4) is 17.1 Å². The second-order valence-corrected chi connectivity index (χ2v) is 6.71. The Kier molecular flexibility index (Phi) is 4.95. The van der Waals surface area contributed by atoms with E-state index in [0.717, 1.165) is 47.0 Å². The van der Waals surface area contributed by atoms with Gasteiger partial charge in [0.05, 0.1) is 23.1 Å². The number of hydrogen-bond donors (Lipinski definition) is 1. The first kappa shape index (κ1) is 18.0. The highest BCUT2D eigenvalue weighted by Crippen LogP contribution is 2.26. The third-order valence-corrected chi connectivity index (χ3v) is 4.71. The molecule has 3 heterocycles. The van der Waals surface area contributed by atoms with Gasteiger partial charge in [-0.3, -0.25) is 9.78 Å².